The fraction of sp³-hybridized carbons (Fsp3) is 0. The van der Waals surface area contributed by atoms with Gasteiger partial charge in [-0.2, -0.15) is 0 Å². The van der Waals surface area contributed by atoms with E-state index >= 15 is 0 Å². The van der Waals surface area contributed by atoms with Crippen molar-refractivity contribution in [1.82, 2.24) is 9.97 Å². The van der Waals surface area contributed by atoms with E-state index in [0.29, 0.717) is 0 Å². The molecular weight excluding hydrogens is 364 g/mol. The van der Waals surface area contributed by atoms with Crippen molar-refractivity contribution in [2.45, 2.75) is 0 Å². The van der Waals surface area contributed by atoms with E-state index in [0.717, 1.165) is 6.07 Å². The van der Waals surface area contributed by atoms with E-state index in [2.05, 4.69) is 9.97 Å². The van der Waals surface area contributed by atoms with Crippen LogP contribution in [0, 0.1) is 0 Å². The lowest BCUT2D eigenvalue weighted by atomic mass is 9.97. The van der Waals surface area contributed by atoms with E-state index in [-0.39, 0.29) is 33.6 Å². The van der Waals surface area contributed by atoms with Crippen LogP contribution in [0.1, 0.15) is 52.8 Å². The minimum atomic E-state index is -1.34. The van der Waals surface area contributed by atoms with Crippen LogP contribution in [-0.4, -0.2) is 43.7 Å². The van der Waals surface area contributed by atoms with Gasteiger partial charge in [-0.3, -0.25) is 9.59 Å². The molecule has 0 bridgehead atoms. The number of carbonyl (C=O) groups excluding carboxylic acids is 2. The van der Waals surface area contributed by atoms with Crippen molar-refractivity contribution in [2.24, 2.45) is 0 Å². The lowest BCUT2D eigenvalue weighted by Gasteiger charge is -2.07. The van der Waals surface area contributed by atoms with Gasteiger partial charge in [0.05, 0.1) is 5.56 Å². The molecule has 2 N–H and O–H groups in total. The molecule has 2 heterocycles. The minimum Gasteiger partial charge on any atom is -0.477 e. The topological polar surface area (TPSA) is 135 Å². The van der Waals surface area contributed by atoms with E-state index in [9.17, 15) is 24.3 Å². The summed E-state index contributed by atoms with van der Waals surface area (Å²) >= 11 is 0. The monoisotopic (exact) mass is 376 g/mol. The molecule has 0 atom stereocenters. The maximum absolute atomic E-state index is 12.7. The molecule has 0 saturated carbocycles. The summed E-state index contributed by atoms with van der Waals surface area (Å²) in [5, 5.41) is 18.2. The zero-order valence-electron chi connectivity index (χ0n) is 14.2. The Morgan fingerprint density at radius 2 is 1.36 bits per heavy atom. The molecule has 2 aromatic heterocycles. The van der Waals surface area contributed by atoms with Crippen LogP contribution in [0.4, 0.5) is 0 Å². The summed E-state index contributed by atoms with van der Waals surface area (Å²) in [5.41, 5.74) is -0.409. The van der Waals surface area contributed by atoms with Crippen molar-refractivity contribution in [2.75, 3.05) is 0 Å². The summed E-state index contributed by atoms with van der Waals surface area (Å²) in [6, 6.07) is 11.0. The molecule has 0 radical (unpaired) electrons. The predicted octanol–water partition coefficient (Wildman–Crippen LogP) is 2.33. The van der Waals surface area contributed by atoms with E-state index in [1.165, 1.54) is 54.9 Å². The van der Waals surface area contributed by atoms with Crippen LogP contribution in [0.3, 0.4) is 0 Å². The fourth-order valence-electron chi connectivity index (χ4n) is 2.57. The van der Waals surface area contributed by atoms with Gasteiger partial charge in [0.25, 0.3) is 0 Å². The molecule has 0 spiro atoms. The van der Waals surface area contributed by atoms with Gasteiger partial charge >= 0.3 is 11.9 Å². The zero-order chi connectivity index (χ0) is 20.3. The first-order valence-corrected chi connectivity index (χ1v) is 7.95. The van der Waals surface area contributed by atoms with Gasteiger partial charge in [-0.05, 0) is 30.3 Å². The molecule has 8 nitrogen and oxygen atoms in total. The van der Waals surface area contributed by atoms with Gasteiger partial charge in [0.15, 0.2) is 17.3 Å². The highest BCUT2D eigenvalue weighted by Gasteiger charge is 2.20. The van der Waals surface area contributed by atoms with E-state index in [1.54, 1.807) is 0 Å². The van der Waals surface area contributed by atoms with Gasteiger partial charge in [0.1, 0.15) is 5.69 Å². The van der Waals surface area contributed by atoms with Crippen LogP contribution in [-0.2, 0) is 0 Å². The zero-order valence-corrected chi connectivity index (χ0v) is 14.2. The highest BCUT2D eigenvalue weighted by atomic mass is 16.4. The Bertz CT molecular complexity index is 1120. The van der Waals surface area contributed by atoms with Gasteiger partial charge in [-0.1, -0.05) is 18.2 Å². The first kappa shape index (κ1) is 18.6. The second-order valence-corrected chi connectivity index (χ2v) is 5.68. The highest BCUT2D eigenvalue weighted by Crippen LogP contribution is 2.17. The van der Waals surface area contributed by atoms with Crippen LogP contribution in [0.5, 0.6) is 0 Å². The molecule has 0 saturated heterocycles. The summed E-state index contributed by atoms with van der Waals surface area (Å²) in [7, 11) is 0. The van der Waals surface area contributed by atoms with Gasteiger partial charge in [0, 0.05) is 29.1 Å². The lowest BCUT2D eigenvalue weighted by molar-refractivity contribution is 0.0678. The molecule has 0 aliphatic carbocycles. The molecule has 3 aromatic rings. The Labute approximate surface area is 158 Å². The molecular formula is C20H12N2O6. The molecule has 8 heteroatoms. The van der Waals surface area contributed by atoms with Crippen molar-refractivity contribution in [3.63, 3.8) is 0 Å². The molecule has 28 heavy (non-hydrogen) atoms. The number of ketones is 2. The van der Waals surface area contributed by atoms with Gasteiger partial charge < -0.3 is 10.2 Å². The lowest BCUT2D eigenvalue weighted by Crippen LogP contribution is -2.12. The number of pyridine rings is 2. The van der Waals surface area contributed by atoms with Gasteiger partial charge in [0.2, 0.25) is 0 Å². The number of benzene rings is 1. The van der Waals surface area contributed by atoms with Gasteiger partial charge in [-0.15, -0.1) is 0 Å². The molecule has 1 aromatic carbocycles. The van der Waals surface area contributed by atoms with Crippen molar-refractivity contribution < 1.29 is 29.4 Å². The van der Waals surface area contributed by atoms with Crippen LogP contribution in [0.25, 0.3) is 0 Å². The number of carboxylic acids is 2. The maximum Gasteiger partial charge on any atom is 0.355 e. The average Bonchev–Trinajstić information content (AvgIpc) is 2.72. The molecule has 3 rings (SSSR count). The van der Waals surface area contributed by atoms with Crippen LogP contribution in [0.2, 0.25) is 0 Å². The number of nitrogens with zero attached hydrogens (tertiary/aromatic N) is 2. The Morgan fingerprint density at radius 1 is 0.679 bits per heavy atom. The third-order valence-electron chi connectivity index (χ3n) is 3.88. The van der Waals surface area contributed by atoms with Crippen LogP contribution < -0.4 is 0 Å². The molecule has 0 fully saturated rings. The molecule has 138 valence electrons. The summed E-state index contributed by atoms with van der Waals surface area (Å²) in [6.07, 6.45) is 2.48. The number of hydrogen-bond acceptors (Lipinski definition) is 6. The Balaban J connectivity index is 1.98. The fourth-order valence-corrected chi connectivity index (χ4v) is 2.57. The molecule has 0 aliphatic rings. The van der Waals surface area contributed by atoms with Crippen molar-refractivity contribution in [3.05, 3.63) is 94.6 Å². The first-order chi connectivity index (χ1) is 13.4. The normalized spacial score (nSPS) is 10.3. The quantitative estimate of drug-likeness (QED) is 0.626. The Hall–Kier alpha value is -4.20. The SMILES string of the molecule is O=C(c1cccc(C(=O)c2cccnc2C(=O)O)c1)c1ccnc(C(=O)O)c1. The first-order valence-electron chi connectivity index (χ1n) is 7.95. The molecule has 0 aliphatic heterocycles. The van der Waals surface area contributed by atoms with Crippen LogP contribution in [0.15, 0.2) is 60.9 Å². The van der Waals surface area contributed by atoms with E-state index in [4.69, 9.17) is 5.11 Å². The van der Waals surface area contributed by atoms with Crippen molar-refractivity contribution >= 4 is 23.5 Å². The molecule has 0 unspecified atom stereocenters. The second kappa shape index (κ2) is 7.58. The summed E-state index contributed by atoms with van der Waals surface area (Å²) in [6.45, 7) is 0. The summed E-state index contributed by atoms with van der Waals surface area (Å²) < 4.78 is 0. The summed E-state index contributed by atoms with van der Waals surface area (Å²) in [4.78, 5) is 55.1. The average molecular weight is 376 g/mol. The number of carboxylic acid groups (broad SMARTS) is 2. The Kier molecular flexibility index (Phi) is 5.03. The third-order valence-corrected chi connectivity index (χ3v) is 3.88. The second-order valence-electron chi connectivity index (χ2n) is 5.68. The molecule has 0 amide bonds. The van der Waals surface area contributed by atoms with Crippen molar-refractivity contribution in [1.29, 1.82) is 0 Å². The van der Waals surface area contributed by atoms with Crippen molar-refractivity contribution in [3.8, 4) is 0 Å². The standard InChI is InChI=1S/C20H12N2O6/c23-17(13-6-8-21-15(10-13)19(25)26)11-3-1-4-12(9-11)18(24)14-5-2-7-22-16(14)20(27)28/h1-10H,(H,25,26)(H,27,28). The van der Waals surface area contributed by atoms with Gasteiger partial charge in [-0.25, -0.2) is 19.6 Å². The number of carbonyl (C=O) groups is 4. The smallest absolute Gasteiger partial charge is 0.355 e. The van der Waals surface area contributed by atoms with E-state index in [1.807, 2.05) is 0 Å². The number of aromatic nitrogens is 2. The summed E-state index contributed by atoms with van der Waals surface area (Å²) in [5.74, 6) is -3.70. The van der Waals surface area contributed by atoms with Crippen LogP contribution >= 0.6 is 0 Å². The number of aromatic carboxylic acids is 2. The number of hydrogen-bond donors (Lipinski definition) is 2. The largest absolute Gasteiger partial charge is 0.477 e. The number of rotatable bonds is 6. The Morgan fingerprint density at radius 3 is 2.04 bits per heavy atom. The third kappa shape index (κ3) is 3.65. The predicted molar refractivity (Wildman–Crippen MR) is 95.7 cm³/mol. The highest BCUT2D eigenvalue weighted by molar-refractivity contribution is 6.15. The van der Waals surface area contributed by atoms with E-state index < -0.39 is 23.5 Å². The maximum atomic E-state index is 12.7. The minimum absolute atomic E-state index is 0.100.